The molecule has 0 saturated carbocycles. The first-order valence-corrected chi connectivity index (χ1v) is 9.31. The van der Waals surface area contributed by atoms with Gasteiger partial charge in [0.25, 0.3) is 5.91 Å². The van der Waals surface area contributed by atoms with E-state index in [-0.39, 0.29) is 17.0 Å². The minimum Gasteiger partial charge on any atom is -0.496 e. The monoisotopic (exact) mass is 375 g/mol. The van der Waals surface area contributed by atoms with Gasteiger partial charge in [-0.3, -0.25) is 19.8 Å². The van der Waals surface area contributed by atoms with Crippen molar-refractivity contribution in [2.75, 3.05) is 26.7 Å². The number of nitrogens with one attached hydrogen (secondary N) is 1. The van der Waals surface area contributed by atoms with Gasteiger partial charge in [-0.2, -0.15) is 0 Å². The zero-order chi connectivity index (χ0) is 18.5. The number of hydrogen-bond acceptors (Lipinski definition) is 6. The van der Waals surface area contributed by atoms with Gasteiger partial charge in [-0.25, -0.2) is 0 Å². The summed E-state index contributed by atoms with van der Waals surface area (Å²) in [5.74, 6) is 0.507. The normalized spacial score (nSPS) is 15.6. The van der Waals surface area contributed by atoms with E-state index in [2.05, 4.69) is 10.2 Å². The van der Waals surface area contributed by atoms with Crippen molar-refractivity contribution in [1.29, 1.82) is 0 Å². The molecule has 1 unspecified atom stereocenters. The Balaban J connectivity index is 1.75. The van der Waals surface area contributed by atoms with Gasteiger partial charge in [0.2, 0.25) is 0 Å². The molecule has 1 fully saturated rings. The van der Waals surface area contributed by atoms with E-state index >= 15 is 0 Å². The molecule has 1 atom stereocenters. The van der Waals surface area contributed by atoms with Crippen molar-refractivity contribution in [3.8, 4) is 5.75 Å². The fraction of sp³-hybridized carbons (Fsp3) is 0.389. The van der Waals surface area contributed by atoms with Crippen LogP contribution in [0.4, 0.5) is 5.00 Å². The largest absolute Gasteiger partial charge is 0.496 e. The predicted molar refractivity (Wildman–Crippen MR) is 99.8 cm³/mol. The van der Waals surface area contributed by atoms with Gasteiger partial charge in [-0.1, -0.05) is 29.5 Å². The molecule has 0 aliphatic carbocycles. The van der Waals surface area contributed by atoms with E-state index in [1.165, 1.54) is 12.1 Å². The number of likely N-dealkylation sites (tertiary alicyclic amines) is 1. The van der Waals surface area contributed by atoms with Crippen molar-refractivity contribution in [1.82, 2.24) is 10.2 Å². The number of ether oxygens (including phenoxy) is 1. The van der Waals surface area contributed by atoms with Crippen molar-refractivity contribution in [3.05, 3.63) is 57.0 Å². The molecule has 1 amide bonds. The maximum Gasteiger partial charge on any atom is 0.324 e. The van der Waals surface area contributed by atoms with Gasteiger partial charge in [-0.15, -0.1) is 0 Å². The lowest BCUT2D eigenvalue weighted by atomic mass is 10.0. The zero-order valence-corrected chi connectivity index (χ0v) is 15.3. The van der Waals surface area contributed by atoms with Gasteiger partial charge in [-0.05, 0) is 38.1 Å². The van der Waals surface area contributed by atoms with Crippen LogP contribution in [0.1, 0.15) is 34.1 Å². The number of rotatable bonds is 7. The van der Waals surface area contributed by atoms with Gasteiger partial charge >= 0.3 is 5.00 Å². The summed E-state index contributed by atoms with van der Waals surface area (Å²) in [5, 5.41) is 13.7. The van der Waals surface area contributed by atoms with E-state index in [0.29, 0.717) is 11.4 Å². The summed E-state index contributed by atoms with van der Waals surface area (Å²) in [6, 6.07) is 10.7. The Kier molecular flexibility index (Phi) is 5.85. The summed E-state index contributed by atoms with van der Waals surface area (Å²) < 4.78 is 5.49. The van der Waals surface area contributed by atoms with Gasteiger partial charge in [0.15, 0.2) is 0 Å². The molecule has 1 aliphatic rings. The molecule has 2 heterocycles. The van der Waals surface area contributed by atoms with Gasteiger partial charge < -0.3 is 10.1 Å². The Labute approximate surface area is 155 Å². The Morgan fingerprint density at radius 3 is 2.69 bits per heavy atom. The molecule has 1 aliphatic heterocycles. The van der Waals surface area contributed by atoms with Crippen molar-refractivity contribution in [2.24, 2.45) is 0 Å². The number of para-hydroxylation sites is 1. The van der Waals surface area contributed by atoms with E-state index in [9.17, 15) is 14.9 Å². The minimum atomic E-state index is -0.483. The highest BCUT2D eigenvalue weighted by molar-refractivity contribution is 7.17. The fourth-order valence-electron chi connectivity index (χ4n) is 3.26. The molecule has 0 spiro atoms. The quantitative estimate of drug-likeness (QED) is 0.593. The fourth-order valence-corrected chi connectivity index (χ4v) is 3.99. The highest BCUT2D eigenvalue weighted by Gasteiger charge is 2.26. The summed E-state index contributed by atoms with van der Waals surface area (Å²) in [4.78, 5) is 25.4. The van der Waals surface area contributed by atoms with Crippen LogP contribution in [0, 0.1) is 10.1 Å². The Morgan fingerprint density at radius 1 is 1.31 bits per heavy atom. The average Bonchev–Trinajstić information content (AvgIpc) is 3.34. The van der Waals surface area contributed by atoms with Gasteiger partial charge in [0, 0.05) is 18.2 Å². The van der Waals surface area contributed by atoms with Crippen LogP contribution >= 0.6 is 11.3 Å². The molecule has 8 heteroatoms. The highest BCUT2D eigenvalue weighted by Crippen LogP contribution is 2.31. The number of amides is 1. The SMILES string of the molecule is COc1ccccc1C(CNC(=O)c1ccc([N+](=O)[O-])s1)N1CCCC1. The van der Waals surface area contributed by atoms with Crippen molar-refractivity contribution >= 4 is 22.2 Å². The topological polar surface area (TPSA) is 84.7 Å². The molecule has 1 N–H and O–H groups in total. The number of nitro groups is 1. The van der Waals surface area contributed by atoms with Gasteiger partial charge in [0.1, 0.15) is 5.75 Å². The molecule has 7 nitrogen and oxygen atoms in total. The van der Waals surface area contributed by atoms with Crippen molar-refractivity contribution < 1.29 is 14.5 Å². The second-order valence-corrected chi connectivity index (χ2v) is 7.17. The second kappa shape index (κ2) is 8.29. The number of nitrogens with zero attached hydrogens (tertiary/aromatic N) is 2. The van der Waals surface area contributed by atoms with Crippen LogP contribution in [-0.4, -0.2) is 42.5 Å². The minimum absolute atomic E-state index is 0.00699. The lowest BCUT2D eigenvalue weighted by molar-refractivity contribution is -0.380. The first-order chi connectivity index (χ1) is 12.6. The lowest BCUT2D eigenvalue weighted by Gasteiger charge is -2.29. The third kappa shape index (κ3) is 4.03. The Hall–Kier alpha value is -2.45. The standard InChI is InChI=1S/C18H21N3O4S/c1-25-15-7-3-2-6-13(15)14(20-10-4-5-11-20)12-19-18(22)16-8-9-17(26-16)21(23)24/h2-3,6-9,14H,4-5,10-12H2,1H3,(H,19,22). The van der Waals surface area contributed by atoms with Crippen LogP contribution in [0.2, 0.25) is 0 Å². The lowest BCUT2D eigenvalue weighted by Crippen LogP contribution is -2.36. The number of methoxy groups -OCH3 is 1. The molecular formula is C18H21N3O4S. The molecule has 1 aromatic carbocycles. The first-order valence-electron chi connectivity index (χ1n) is 8.49. The second-order valence-electron chi connectivity index (χ2n) is 6.11. The van der Waals surface area contributed by atoms with E-state index < -0.39 is 4.92 Å². The molecule has 0 bridgehead atoms. The summed E-state index contributed by atoms with van der Waals surface area (Å²) in [7, 11) is 1.64. The average molecular weight is 375 g/mol. The Bertz CT molecular complexity index is 786. The van der Waals surface area contributed by atoms with Gasteiger partial charge in [0.05, 0.1) is 23.0 Å². The van der Waals surface area contributed by atoms with Crippen molar-refractivity contribution in [2.45, 2.75) is 18.9 Å². The van der Waals surface area contributed by atoms with Crippen LogP contribution in [0.3, 0.4) is 0 Å². The predicted octanol–water partition coefficient (Wildman–Crippen LogP) is 3.23. The highest BCUT2D eigenvalue weighted by atomic mass is 32.1. The zero-order valence-electron chi connectivity index (χ0n) is 14.5. The summed E-state index contributed by atoms with van der Waals surface area (Å²) >= 11 is 0.887. The first kappa shape index (κ1) is 18.3. The summed E-state index contributed by atoms with van der Waals surface area (Å²) in [6.45, 7) is 2.37. The molecule has 138 valence electrons. The van der Waals surface area contributed by atoms with Crippen LogP contribution < -0.4 is 10.1 Å². The molecular weight excluding hydrogens is 354 g/mol. The number of benzene rings is 1. The third-order valence-electron chi connectivity index (χ3n) is 4.53. The molecule has 1 aromatic heterocycles. The molecule has 1 saturated heterocycles. The van der Waals surface area contributed by atoms with E-state index in [0.717, 1.165) is 48.6 Å². The van der Waals surface area contributed by atoms with E-state index in [4.69, 9.17) is 4.74 Å². The van der Waals surface area contributed by atoms with Crippen LogP contribution in [0.25, 0.3) is 0 Å². The smallest absolute Gasteiger partial charge is 0.324 e. The van der Waals surface area contributed by atoms with Crippen LogP contribution in [0.5, 0.6) is 5.75 Å². The van der Waals surface area contributed by atoms with Crippen LogP contribution in [0.15, 0.2) is 36.4 Å². The number of thiophene rings is 1. The number of carbonyl (C=O) groups is 1. The molecule has 0 radical (unpaired) electrons. The van der Waals surface area contributed by atoms with Crippen LogP contribution in [-0.2, 0) is 0 Å². The third-order valence-corrected chi connectivity index (χ3v) is 5.57. The number of hydrogen-bond donors (Lipinski definition) is 1. The maximum atomic E-state index is 12.4. The molecule has 2 aromatic rings. The van der Waals surface area contributed by atoms with E-state index in [1.807, 2.05) is 24.3 Å². The Morgan fingerprint density at radius 2 is 2.04 bits per heavy atom. The van der Waals surface area contributed by atoms with Crippen molar-refractivity contribution in [3.63, 3.8) is 0 Å². The van der Waals surface area contributed by atoms with E-state index in [1.54, 1.807) is 7.11 Å². The maximum absolute atomic E-state index is 12.4. The summed E-state index contributed by atoms with van der Waals surface area (Å²) in [5.41, 5.74) is 1.04. The molecule has 3 rings (SSSR count). The summed E-state index contributed by atoms with van der Waals surface area (Å²) in [6.07, 6.45) is 2.27. The molecule has 26 heavy (non-hydrogen) atoms. The number of carbonyl (C=O) groups excluding carboxylic acids is 1.